The third-order valence-corrected chi connectivity index (χ3v) is 1.79. The second-order valence-electron chi connectivity index (χ2n) is 2.66. The van der Waals surface area contributed by atoms with Gasteiger partial charge in [-0.05, 0) is 13.3 Å². The van der Waals surface area contributed by atoms with Crippen LogP contribution in [0.5, 0.6) is 0 Å². The van der Waals surface area contributed by atoms with Crippen molar-refractivity contribution in [2.45, 2.75) is 25.4 Å². The van der Waals surface area contributed by atoms with Crippen LogP contribution in [0.4, 0.5) is 0 Å². The molecule has 0 aliphatic carbocycles. The number of hydrogen-bond donors (Lipinski definition) is 2. The highest BCUT2D eigenvalue weighted by Crippen LogP contribution is 2.12. The third-order valence-electron chi connectivity index (χ3n) is 1.79. The van der Waals surface area contributed by atoms with Gasteiger partial charge in [-0.15, -0.1) is 0 Å². The van der Waals surface area contributed by atoms with E-state index in [2.05, 4.69) is 5.32 Å². The lowest BCUT2D eigenvalue weighted by Gasteiger charge is -2.32. The molecule has 0 spiro atoms. The zero-order valence-electron chi connectivity index (χ0n) is 6.87. The van der Waals surface area contributed by atoms with Crippen molar-refractivity contribution in [3.63, 3.8) is 0 Å². The number of nitrogens with one attached hydrogen (secondary N) is 1. The average Bonchev–Trinajstić information content (AvgIpc) is 1.82. The molecule has 0 aromatic heterocycles. The third kappa shape index (κ3) is 1.73. The van der Waals surface area contributed by atoms with Crippen LogP contribution in [0.3, 0.4) is 0 Å². The Morgan fingerprint density at radius 3 is 2.58 bits per heavy atom. The van der Waals surface area contributed by atoms with Crippen LogP contribution in [0.2, 0.25) is 0 Å². The molecule has 3 N–H and O–H groups in total. The lowest BCUT2D eigenvalue weighted by atomic mass is 9.97. The molecule has 1 fully saturated rings. The van der Waals surface area contributed by atoms with Crippen molar-refractivity contribution < 1.29 is 14.3 Å². The van der Waals surface area contributed by atoms with Gasteiger partial charge in [0.05, 0.1) is 12.6 Å². The fraction of sp³-hybridized carbons (Fsp3) is 0.714. The van der Waals surface area contributed by atoms with E-state index < -0.39 is 5.91 Å². The van der Waals surface area contributed by atoms with Gasteiger partial charge in [0.25, 0.3) is 0 Å². The summed E-state index contributed by atoms with van der Waals surface area (Å²) in [5.41, 5.74) is 4.98. The Balaban J connectivity index is 2.25. The molecule has 2 atom stereocenters. The molecule has 1 rings (SSSR count). The monoisotopic (exact) mass is 172 g/mol. The maximum absolute atomic E-state index is 11.0. The molecule has 1 saturated heterocycles. The SMILES string of the molecule is CCOC(=O)C1CC(C(N)=O)N1. The molecule has 1 amide bonds. The van der Waals surface area contributed by atoms with Crippen LogP contribution in [0.15, 0.2) is 0 Å². The number of amides is 1. The summed E-state index contributed by atoms with van der Waals surface area (Å²) in [5, 5.41) is 2.71. The number of hydrogen-bond acceptors (Lipinski definition) is 4. The van der Waals surface area contributed by atoms with Crippen molar-refractivity contribution in [3.8, 4) is 0 Å². The predicted octanol–water partition coefficient (Wildman–Crippen LogP) is -1.23. The van der Waals surface area contributed by atoms with E-state index in [4.69, 9.17) is 10.5 Å². The molecular formula is C7H12N2O3. The first-order valence-corrected chi connectivity index (χ1v) is 3.87. The Kier molecular flexibility index (Phi) is 2.65. The number of esters is 1. The number of ether oxygens (including phenoxy) is 1. The standard InChI is InChI=1S/C7H12N2O3/c1-2-12-7(11)5-3-4(9-5)6(8)10/h4-5,9H,2-3H2,1H3,(H2,8,10). The molecule has 2 unspecified atom stereocenters. The molecule has 5 nitrogen and oxygen atoms in total. The van der Waals surface area contributed by atoms with Gasteiger partial charge in [0.2, 0.25) is 5.91 Å². The Morgan fingerprint density at radius 2 is 2.17 bits per heavy atom. The molecule has 0 aromatic carbocycles. The topological polar surface area (TPSA) is 81.4 Å². The molecule has 0 bridgehead atoms. The maximum atomic E-state index is 11.0. The van der Waals surface area contributed by atoms with Gasteiger partial charge >= 0.3 is 5.97 Å². The molecule has 12 heavy (non-hydrogen) atoms. The highest BCUT2D eigenvalue weighted by Gasteiger charge is 2.37. The van der Waals surface area contributed by atoms with E-state index in [1.807, 2.05) is 0 Å². The summed E-state index contributed by atoms with van der Waals surface area (Å²) in [6.07, 6.45) is 0.453. The lowest BCUT2D eigenvalue weighted by Crippen LogP contribution is -2.61. The number of primary amides is 1. The molecule has 1 heterocycles. The van der Waals surface area contributed by atoms with E-state index >= 15 is 0 Å². The van der Waals surface area contributed by atoms with Gasteiger partial charge in [-0.1, -0.05) is 0 Å². The molecule has 0 aromatic rings. The molecule has 1 aliphatic rings. The number of carbonyl (C=O) groups is 2. The van der Waals surface area contributed by atoms with Crippen LogP contribution < -0.4 is 11.1 Å². The van der Waals surface area contributed by atoms with Gasteiger partial charge in [-0.3, -0.25) is 14.9 Å². The molecule has 1 aliphatic heterocycles. The van der Waals surface area contributed by atoms with Crippen molar-refractivity contribution in [1.29, 1.82) is 0 Å². The molecule has 0 radical (unpaired) electrons. The minimum absolute atomic E-state index is 0.310. The fourth-order valence-corrected chi connectivity index (χ4v) is 1.06. The summed E-state index contributed by atoms with van der Waals surface area (Å²) in [6, 6.07) is -0.707. The second-order valence-corrected chi connectivity index (χ2v) is 2.66. The van der Waals surface area contributed by atoms with Crippen molar-refractivity contribution in [2.24, 2.45) is 5.73 Å². The van der Waals surface area contributed by atoms with E-state index in [0.29, 0.717) is 13.0 Å². The number of carbonyl (C=O) groups excluding carboxylic acids is 2. The fourth-order valence-electron chi connectivity index (χ4n) is 1.06. The maximum Gasteiger partial charge on any atom is 0.323 e. The lowest BCUT2D eigenvalue weighted by molar-refractivity contribution is -0.149. The Bertz CT molecular complexity index is 199. The van der Waals surface area contributed by atoms with Crippen LogP contribution in [-0.2, 0) is 14.3 Å². The zero-order valence-corrected chi connectivity index (χ0v) is 6.87. The molecule has 68 valence electrons. The zero-order chi connectivity index (χ0) is 9.14. The van der Waals surface area contributed by atoms with Crippen LogP contribution in [-0.4, -0.2) is 30.6 Å². The van der Waals surface area contributed by atoms with E-state index in [1.165, 1.54) is 0 Å². The quantitative estimate of drug-likeness (QED) is 0.522. The van der Waals surface area contributed by atoms with Crippen molar-refractivity contribution in [1.82, 2.24) is 5.32 Å². The van der Waals surface area contributed by atoms with E-state index in [9.17, 15) is 9.59 Å². The van der Waals surface area contributed by atoms with E-state index in [-0.39, 0.29) is 18.1 Å². The molecule has 0 saturated carbocycles. The summed E-state index contributed by atoms with van der Waals surface area (Å²) < 4.78 is 4.72. The average molecular weight is 172 g/mol. The number of nitrogens with two attached hydrogens (primary N) is 1. The summed E-state index contributed by atoms with van der Waals surface area (Å²) >= 11 is 0. The van der Waals surface area contributed by atoms with Crippen LogP contribution in [0.25, 0.3) is 0 Å². The summed E-state index contributed by atoms with van der Waals surface area (Å²) in [6.45, 7) is 2.10. The largest absolute Gasteiger partial charge is 0.465 e. The highest BCUT2D eigenvalue weighted by atomic mass is 16.5. The van der Waals surface area contributed by atoms with Gasteiger partial charge < -0.3 is 10.5 Å². The van der Waals surface area contributed by atoms with Crippen molar-refractivity contribution in [3.05, 3.63) is 0 Å². The van der Waals surface area contributed by atoms with Gasteiger partial charge in [-0.2, -0.15) is 0 Å². The van der Waals surface area contributed by atoms with Gasteiger partial charge in [0.15, 0.2) is 0 Å². The number of rotatable bonds is 3. The van der Waals surface area contributed by atoms with E-state index in [0.717, 1.165) is 0 Å². The first-order valence-electron chi connectivity index (χ1n) is 3.87. The van der Waals surface area contributed by atoms with Crippen molar-refractivity contribution >= 4 is 11.9 Å². The predicted molar refractivity (Wildman–Crippen MR) is 41.2 cm³/mol. The van der Waals surface area contributed by atoms with Crippen LogP contribution in [0.1, 0.15) is 13.3 Å². The molecular weight excluding hydrogens is 160 g/mol. The normalized spacial score (nSPS) is 27.4. The van der Waals surface area contributed by atoms with Crippen LogP contribution in [0, 0.1) is 0 Å². The first-order chi connectivity index (χ1) is 5.65. The Morgan fingerprint density at radius 1 is 1.58 bits per heavy atom. The minimum Gasteiger partial charge on any atom is -0.465 e. The van der Waals surface area contributed by atoms with Crippen molar-refractivity contribution in [2.75, 3.05) is 6.61 Å². The minimum atomic E-state index is -0.421. The van der Waals surface area contributed by atoms with Gasteiger partial charge in [-0.25, -0.2) is 0 Å². The Labute approximate surface area is 70.2 Å². The summed E-state index contributed by atoms with van der Waals surface area (Å²) in [7, 11) is 0. The smallest absolute Gasteiger partial charge is 0.323 e. The highest BCUT2D eigenvalue weighted by molar-refractivity contribution is 5.86. The van der Waals surface area contributed by atoms with Crippen LogP contribution >= 0.6 is 0 Å². The summed E-state index contributed by atoms with van der Waals surface area (Å²) in [5.74, 6) is -0.731. The van der Waals surface area contributed by atoms with E-state index in [1.54, 1.807) is 6.92 Å². The second kappa shape index (κ2) is 3.53. The van der Waals surface area contributed by atoms with Gasteiger partial charge in [0.1, 0.15) is 6.04 Å². The first kappa shape index (κ1) is 8.99. The Hall–Kier alpha value is -1.10. The van der Waals surface area contributed by atoms with Gasteiger partial charge in [0, 0.05) is 0 Å². The summed E-state index contributed by atoms with van der Waals surface area (Å²) in [4.78, 5) is 21.5. The molecule has 5 heteroatoms.